The van der Waals surface area contributed by atoms with Crippen molar-refractivity contribution in [1.29, 1.82) is 0 Å². The molecule has 0 heterocycles. The second-order valence-electron chi connectivity index (χ2n) is 6.06. The van der Waals surface area contributed by atoms with Crippen LogP contribution in [0.2, 0.25) is 10.0 Å². The van der Waals surface area contributed by atoms with Gasteiger partial charge in [0.2, 0.25) is 5.91 Å². The number of hydrogen-bond donors (Lipinski definition) is 2. The first kappa shape index (κ1) is 21.4. The van der Waals surface area contributed by atoms with Gasteiger partial charge in [-0.3, -0.25) is 4.79 Å². The van der Waals surface area contributed by atoms with Crippen molar-refractivity contribution in [2.45, 2.75) is 19.4 Å². The molecule has 0 bridgehead atoms. The predicted molar refractivity (Wildman–Crippen MR) is 109 cm³/mol. The number of carbonyl (C=O) groups excluding carboxylic acids is 1. The monoisotopic (exact) mass is 410 g/mol. The van der Waals surface area contributed by atoms with E-state index in [1.807, 2.05) is 31.2 Å². The van der Waals surface area contributed by atoms with Gasteiger partial charge in [-0.1, -0.05) is 35.3 Å². The Morgan fingerprint density at radius 3 is 2.48 bits per heavy atom. The first-order valence-electron chi connectivity index (χ1n) is 8.60. The molecule has 0 aliphatic heterocycles. The van der Waals surface area contributed by atoms with Crippen LogP contribution < -0.4 is 20.1 Å². The zero-order chi connectivity index (χ0) is 19.8. The molecule has 5 nitrogen and oxygen atoms in total. The molecule has 0 radical (unpaired) electrons. The van der Waals surface area contributed by atoms with Gasteiger partial charge in [0.05, 0.1) is 20.8 Å². The second-order valence-corrected chi connectivity index (χ2v) is 6.90. The van der Waals surface area contributed by atoms with E-state index in [9.17, 15) is 4.79 Å². The fourth-order valence-electron chi connectivity index (χ4n) is 2.65. The Morgan fingerprint density at radius 2 is 1.81 bits per heavy atom. The third-order valence-corrected chi connectivity index (χ3v) is 4.74. The Hall–Kier alpha value is -1.95. The van der Waals surface area contributed by atoms with E-state index >= 15 is 0 Å². The van der Waals surface area contributed by atoms with E-state index in [-0.39, 0.29) is 18.5 Å². The smallest absolute Gasteiger partial charge is 0.233 e. The Balaban J connectivity index is 1.78. The molecule has 2 rings (SSSR count). The number of benzene rings is 2. The quantitative estimate of drug-likeness (QED) is 0.655. The van der Waals surface area contributed by atoms with Crippen LogP contribution in [-0.2, 0) is 11.2 Å². The Morgan fingerprint density at radius 1 is 1.07 bits per heavy atom. The summed E-state index contributed by atoms with van der Waals surface area (Å²) < 4.78 is 10.5. The number of hydrogen-bond acceptors (Lipinski definition) is 4. The highest BCUT2D eigenvalue weighted by atomic mass is 35.5. The highest BCUT2D eigenvalue weighted by Gasteiger charge is 2.11. The van der Waals surface area contributed by atoms with Crippen molar-refractivity contribution in [3.63, 3.8) is 0 Å². The lowest BCUT2D eigenvalue weighted by Gasteiger charge is -2.16. The number of methoxy groups -OCH3 is 2. The van der Waals surface area contributed by atoms with E-state index in [0.717, 1.165) is 11.1 Å². The Kier molecular flexibility index (Phi) is 8.23. The molecule has 1 amide bonds. The van der Waals surface area contributed by atoms with Crippen molar-refractivity contribution in [2.75, 3.05) is 27.3 Å². The topological polar surface area (TPSA) is 59.6 Å². The zero-order valence-corrected chi connectivity index (χ0v) is 17.2. The first-order chi connectivity index (χ1) is 12.9. The van der Waals surface area contributed by atoms with Gasteiger partial charge in [0.15, 0.2) is 11.5 Å². The van der Waals surface area contributed by atoms with E-state index in [1.165, 1.54) is 0 Å². The average molecular weight is 411 g/mol. The third-order valence-electron chi connectivity index (χ3n) is 4.18. The minimum atomic E-state index is -0.0765. The zero-order valence-electron chi connectivity index (χ0n) is 15.6. The number of nitrogens with one attached hydrogen (secondary N) is 2. The van der Waals surface area contributed by atoms with Gasteiger partial charge >= 0.3 is 0 Å². The summed E-state index contributed by atoms with van der Waals surface area (Å²) in [5.74, 6) is 1.29. The molecule has 146 valence electrons. The maximum Gasteiger partial charge on any atom is 0.233 e. The minimum Gasteiger partial charge on any atom is -0.493 e. The normalized spacial score (nSPS) is 11.7. The SMILES string of the molecule is COc1ccc(CCNC(=O)CN[C@@H](C)c2ccc(Cl)cc2Cl)cc1OC. The molecule has 2 N–H and O–H groups in total. The van der Waals surface area contributed by atoms with Crippen LogP contribution in [0.4, 0.5) is 0 Å². The van der Waals surface area contributed by atoms with Crippen LogP contribution in [0.15, 0.2) is 36.4 Å². The summed E-state index contributed by atoms with van der Waals surface area (Å²) in [6.45, 7) is 2.68. The van der Waals surface area contributed by atoms with Crippen molar-refractivity contribution < 1.29 is 14.3 Å². The molecule has 0 saturated heterocycles. The van der Waals surface area contributed by atoms with Crippen LogP contribution in [-0.4, -0.2) is 33.2 Å². The van der Waals surface area contributed by atoms with Crippen molar-refractivity contribution >= 4 is 29.1 Å². The number of carbonyl (C=O) groups is 1. The van der Waals surface area contributed by atoms with E-state index in [2.05, 4.69) is 10.6 Å². The number of rotatable bonds is 9. The lowest BCUT2D eigenvalue weighted by molar-refractivity contribution is -0.120. The van der Waals surface area contributed by atoms with Gasteiger partial charge in [-0.25, -0.2) is 0 Å². The number of ether oxygens (including phenoxy) is 2. The van der Waals surface area contributed by atoms with E-state index in [0.29, 0.717) is 34.5 Å². The molecule has 2 aromatic rings. The molecule has 7 heteroatoms. The van der Waals surface area contributed by atoms with Crippen LogP contribution in [0.25, 0.3) is 0 Å². The highest BCUT2D eigenvalue weighted by molar-refractivity contribution is 6.35. The summed E-state index contributed by atoms with van der Waals surface area (Å²) in [6.07, 6.45) is 0.699. The second kappa shape index (κ2) is 10.4. The molecule has 0 aliphatic rings. The lowest BCUT2D eigenvalue weighted by atomic mass is 10.1. The molecule has 27 heavy (non-hydrogen) atoms. The maximum atomic E-state index is 12.1. The van der Waals surface area contributed by atoms with Crippen molar-refractivity contribution in [3.8, 4) is 11.5 Å². The molecule has 0 aliphatic carbocycles. The summed E-state index contributed by atoms with van der Waals surface area (Å²) in [5, 5.41) is 7.23. The van der Waals surface area contributed by atoms with Crippen LogP contribution in [0.1, 0.15) is 24.1 Å². The third kappa shape index (κ3) is 6.31. The van der Waals surface area contributed by atoms with Crippen molar-refractivity contribution in [1.82, 2.24) is 10.6 Å². The molecule has 1 atom stereocenters. The van der Waals surface area contributed by atoms with E-state index < -0.39 is 0 Å². The number of halogens is 2. The molecular weight excluding hydrogens is 387 g/mol. The van der Waals surface area contributed by atoms with E-state index in [4.69, 9.17) is 32.7 Å². The van der Waals surface area contributed by atoms with Gasteiger partial charge in [0, 0.05) is 22.6 Å². The fourth-order valence-corrected chi connectivity index (χ4v) is 3.23. The molecular formula is C20H24Cl2N2O3. The fraction of sp³-hybridized carbons (Fsp3) is 0.350. The van der Waals surface area contributed by atoms with Gasteiger partial charge in [0.1, 0.15) is 0 Å². The summed E-state index contributed by atoms with van der Waals surface area (Å²) in [5.41, 5.74) is 1.96. The maximum absolute atomic E-state index is 12.1. The molecule has 2 aromatic carbocycles. The molecule has 0 spiro atoms. The summed E-state index contributed by atoms with van der Waals surface area (Å²) in [7, 11) is 3.20. The summed E-state index contributed by atoms with van der Waals surface area (Å²) in [6, 6.07) is 11.0. The van der Waals surface area contributed by atoms with E-state index in [1.54, 1.807) is 26.4 Å². The number of amides is 1. The Labute approximate surface area is 170 Å². The molecule has 0 unspecified atom stereocenters. The van der Waals surface area contributed by atoms with Gasteiger partial charge in [-0.15, -0.1) is 0 Å². The molecule has 0 fully saturated rings. The molecule has 0 aromatic heterocycles. The average Bonchev–Trinajstić information content (AvgIpc) is 2.66. The van der Waals surface area contributed by atoms with Crippen LogP contribution in [0, 0.1) is 0 Å². The van der Waals surface area contributed by atoms with Gasteiger partial charge in [0.25, 0.3) is 0 Å². The van der Waals surface area contributed by atoms with Gasteiger partial charge < -0.3 is 20.1 Å². The largest absolute Gasteiger partial charge is 0.493 e. The van der Waals surface area contributed by atoms with Gasteiger partial charge in [-0.2, -0.15) is 0 Å². The van der Waals surface area contributed by atoms with Crippen LogP contribution >= 0.6 is 23.2 Å². The van der Waals surface area contributed by atoms with Crippen molar-refractivity contribution in [2.24, 2.45) is 0 Å². The van der Waals surface area contributed by atoms with Crippen molar-refractivity contribution in [3.05, 3.63) is 57.6 Å². The molecule has 0 saturated carbocycles. The summed E-state index contributed by atoms with van der Waals surface area (Å²) >= 11 is 12.1. The standard InChI is InChI=1S/C20H24Cl2N2O3/c1-13(16-6-5-15(21)11-17(16)22)24-12-20(25)23-9-8-14-4-7-18(26-2)19(10-14)27-3/h4-7,10-11,13,24H,8-9,12H2,1-3H3,(H,23,25)/t13-/m0/s1. The minimum absolute atomic E-state index is 0.0635. The van der Waals surface area contributed by atoms with Gasteiger partial charge in [-0.05, 0) is 48.7 Å². The Bertz CT molecular complexity index is 784. The highest BCUT2D eigenvalue weighted by Crippen LogP contribution is 2.28. The van der Waals surface area contributed by atoms with Crippen LogP contribution in [0.5, 0.6) is 11.5 Å². The lowest BCUT2D eigenvalue weighted by Crippen LogP contribution is -2.36. The first-order valence-corrected chi connectivity index (χ1v) is 9.36. The predicted octanol–water partition coefficient (Wildman–Crippen LogP) is 4.02. The van der Waals surface area contributed by atoms with Crippen LogP contribution in [0.3, 0.4) is 0 Å². The summed E-state index contributed by atoms with van der Waals surface area (Å²) in [4.78, 5) is 12.1.